The third-order valence-electron chi connectivity index (χ3n) is 3.65. The molecule has 0 aliphatic carbocycles. The molecule has 1 heterocycles. The monoisotopic (exact) mass is 405 g/mol. The summed E-state index contributed by atoms with van der Waals surface area (Å²) in [4.78, 5) is 17.1. The van der Waals surface area contributed by atoms with Gasteiger partial charge in [0.1, 0.15) is 10.7 Å². The molecule has 0 saturated carbocycles. The average molecular weight is 405 g/mol. The van der Waals surface area contributed by atoms with E-state index in [9.17, 15) is 27.1 Å². The molecule has 0 aliphatic heterocycles. The van der Waals surface area contributed by atoms with Crippen molar-refractivity contribution in [2.75, 3.05) is 0 Å². The van der Waals surface area contributed by atoms with Crippen LogP contribution in [0.25, 0.3) is 11.3 Å². The van der Waals surface area contributed by atoms with E-state index in [1.54, 1.807) is 23.0 Å². The molecule has 0 radical (unpaired) electrons. The molecule has 1 amide bonds. The Morgan fingerprint density at radius 2 is 1.82 bits per heavy atom. The van der Waals surface area contributed by atoms with E-state index < -0.39 is 38.2 Å². The number of hydrazine groups is 1. The molecule has 0 aliphatic rings. The van der Waals surface area contributed by atoms with E-state index in [1.807, 2.05) is 5.43 Å². The van der Waals surface area contributed by atoms with Crippen molar-refractivity contribution in [3.63, 3.8) is 0 Å². The van der Waals surface area contributed by atoms with Crippen LogP contribution in [0.2, 0.25) is 0 Å². The molecule has 2 aromatic carbocycles. The molecule has 144 valence electrons. The lowest BCUT2D eigenvalue weighted by molar-refractivity contribution is 0.0944. The first-order chi connectivity index (χ1) is 13.3. The van der Waals surface area contributed by atoms with Gasteiger partial charge in [0, 0.05) is 17.3 Å². The van der Waals surface area contributed by atoms with E-state index in [-0.39, 0.29) is 5.56 Å². The van der Waals surface area contributed by atoms with Gasteiger partial charge in [0.25, 0.3) is 15.9 Å². The molecule has 3 aromatic rings. The Labute approximate surface area is 158 Å². The molecule has 0 spiro atoms. The summed E-state index contributed by atoms with van der Waals surface area (Å²) in [5, 5.41) is 9.29. The van der Waals surface area contributed by atoms with E-state index in [2.05, 4.69) is 4.98 Å². The Kier molecular flexibility index (Phi) is 5.34. The molecule has 7 nitrogen and oxygen atoms in total. The largest absolute Gasteiger partial charge is 0.505 e. The van der Waals surface area contributed by atoms with Crippen LogP contribution in [0.5, 0.6) is 5.75 Å². The zero-order chi connectivity index (χ0) is 20.3. The second kappa shape index (κ2) is 7.71. The molecule has 0 unspecified atom stereocenters. The highest BCUT2D eigenvalue weighted by Crippen LogP contribution is 2.22. The van der Waals surface area contributed by atoms with Crippen molar-refractivity contribution in [2.45, 2.75) is 4.90 Å². The number of phenolic OH excluding ortho intramolecular Hbond substituents is 1. The second-order valence-electron chi connectivity index (χ2n) is 5.59. The van der Waals surface area contributed by atoms with Gasteiger partial charge in [0.15, 0.2) is 11.6 Å². The van der Waals surface area contributed by atoms with Crippen molar-refractivity contribution in [3.05, 3.63) is 78.0 Å². The average Bonchev–Trinajstić information content (AvgIpc) is 2.68. The van der Waals surface area contributed by atoms with E-state index in [4.69, 9.17) is 0 Å². The van der Waals surface area contributed by atoms with Crippen LogP contribution in [-0.2, 0) is 10.0 Å². The number of sulfonamides is 1. The Bertz CT molecular complexity index is 1140. The Balaban J connectivity index is 1.82. The van der Waals surface area contributed by atoms with E-state index >= 15 is 0 Å². The van der Waals surface area contributed by atoms with Crippen LogP contribution >= 0.6 is 0 Å². The maximum absolute atomic E-state index is 13.9. The first kappa shape index (κ1) is 19.4. The summed E-state index contributed by atoms with van der Waals surface area (Å²) in [5.74, 6) is -3.93. The minimum atomic E-state index is -4.51. The van der Waals surface area contributed by atoms with Gasteiger partial charge in [0.2, 0.25) is 0 Å². The normalized spacial score (nSPS) is 11.2. The van der Waals surface area contributed by atoms with Crippen LogP contribution in [0.1, 0.15) is 10.4 Å². The summed E-state index contributed by atoms with van der Waals surface area (Å²) < 4.78 is 52.0. The Hall–Kier alpha value is -3.37. The predicted molar refractivity (Wildman–Crippen MR) is 95.5 cm³/mol. The lowest BCUT2D eigenvalue weighted by Gasteiger charge is -2.10. The fourth-order valence-electron chi connectivity index (χ4n) is 2.35. The standard InChI is InChI=1S/C18H13F2N3O4S/c19-13-9-11(14-4-1-2-7-21-14)8-12(10-13)18(25)22-23-28(26,27)16-6-3-5-15(24)17(16)20/h1-10,23-24H,(H,22,25). The molecule has 3 N–H and O–H groups in total. The van der Waals surface area contributed by atoms with Crippen LogP contribution < -0.4 is 10.3 Å². The number of aromatic hydroxyl groups is 1. The van der Waals surface area contributed by atoms with Gasteiger partial charge in [-0.25, -0.2) is 17.2 Å². The van der Waals surface area contributed by atoms with Crippen molar-refractivity contribution in [1.29, 1.82) is 0 Å². The van der Waals surface area contributed by atoms with Crippen molar-refractivity contribution in [1.82, 2.24) is 15.2 Å². The first-order valence-corrected chi connectivity index (χ1v) is 9.28. The highest BCUT2D eigenvalue weighted by atomic mass is 32.2. The summed E-state index contributed by atoms with van der Waals surface area (Å²) in [6, 6.07) is 11.4. The first-order valence-electron chi connectivity index (χ1n) is 7.79. The fraction of sp³-hybridized carbons (Fsp3) is 0. The molecule has 1 aromatic heterocycles. The Morgan fingerprint density at radius 1 is 1.04 bits per heavy atom. The van der Waals surface area contributed by atoms with Gasteiger partial charge in [-0.1, -0.05) is 12.1 Å². The van der Waals surface area contributed by atoms with E-state index in [1.165, 1.54) is 18.3 Å². The molecule has 0 atom stereocenters. The van der Waals surface area contributed by atoms with Gasteiger partial charge in [-0.05, 0) is 42.5 Å². The molecule has 3 rings (SSSR count). The number of benzene rings is 2. The smallest absolute Gasteiger partial charge is 0.266 e. The maximum Gasteiger partial charge on any atom is 0.266 e. The van der Waals surface area contributed by atoms with Crippen molar-refractivity contribution >= 4 is 15.9 Å². The number of hydrogen-bond donors (Lipinski definition) is 3. The van der Waals surface area contributed by atoms with Crippen molar-refractivity contribution in [3.8, 4) is 17.0 Å². The SMILES string of the molecule is O=C(NNS(=O)(=O)c1cccc(O)c1F)c1cc(F)cc(-c2ccccn2)c1. The minimum Gasteiger partial charge on any atom is -0.505 e. The quantitative estimate of drug-likeness (QED) is 0.565. The molecule has 0 bridgehead atoms. The van der Waals surface area contributed by atoms with Gasteiger partial charge in [-0.15, -0.1) is 4.83 Å². The maximum atomic E-state index is 13.9. The fourth-order valence-corrected chi connectivity index (χ4v) is 3.28. The number of carbonyl (C=O) groups is 1. The molecule has 10 heteroatoms. The Morgan fingerprint density at radius 3 is 2.54 bits per heavy atom. The zero-order valence-electron chi connectivity index (χ0n) is 14.1. The molecular weight excluding hydrogens is 392 g/mol. The lowest BCUT2D eigenvalue weighted by atomic mass is 10.1. The third kappa shape index (κ3) is 4.13. The molecule has 28 heavy (non-hydrogen) atoms. The zero-order valence-corrected chi connectivity index (χ0v) is 14.9. The van der Waals surface area contributed by atoms with E-state index in [0.29, 0.717) is 11.3 Å². The number of nitrogens with one attached hydrogen (secondary N) is 2. The van der Waals surface area contributed by atoms with Gasteiger partial charge in [0.05, 0.1) is 5.69 Å². The second-order valence-corrected chi connectivity index (χ2v) is 7.24. The number of halogens is 2. The van der Waals surface area contributed by atoms with Gasteiger partial charge in [-0.2, -0.15) is 0 Å². The number of pyridine rings is 1. The number of nitrogens with zero attached hydrogens (tertiary/aromatic N) is 1. The molecule has 0 saturated heterocycles. The number of hydrogen-bond acceptors (Lipinski definition) is 5. The van der Waals surface area contributed by atoms with Crippen LogP contribution in [0.4, 0.5) is 8.78 Å². The van der Waals surface area contributed by atoms with Crippen molar-refractivity contribution in [2.24, 2.45) is 0 Å². The van der Waals surface area contributed by atoms with Crippen molar-refractivity contribution < 1.29 is 27.1 Å². The van der Waals surface area contributed by atoms with Crippen LogP contribution in [-0.4, -0.2) is 24.4 Å². The minimum absolute atomic E-state index is 0.181. The summed E-state index contributed by atoms with van der Waals surface area (Å²) in [5.41, 5.74) is 2.43. The predicted octanol–water partition coefficient (Wildman–Crippen LogP) is 2.36. The number of phenols is 1. The topological polar surface area (TPSA) is 108 Å². The van der Waals surface area contributed by atoms with Gasteiger partial charge >= 0.3 is 0 Å². The molecular formula is C18H13F2N3O4S. The summed E-state index contributed by atoms with van der Waals surface area (Å²) in [6.45, 7) is 0. The highest BCUT2D eigenvalue weighted by Gasteiger charge is 2.22. The van der Waals surface area contributed by atoms with Gasteiger partial charge < -0.3 is 5.11 Å². The van der Waals surface area contributed by atoms with Crippen LogP contribution in [0.3, 0.4) is 0 Å². The van der Waals surface area contributed by atoms with Crippen LogP contribution in [0, 0.1) is 11.6 Å². The lowest BCUT2D eigenvalue weighted by Crippen LogP contribution is -2.41. The van der Waals surface area contributed by atoms with Crippen LogP contribution in [0.15, 0.2) is 65.7 Å². The number of amides is 1. The molecule has 0 fully saturated rings. The number of rotatable bonds is 5. The van der Waals surface area contributed by atoms with Gasteiger partial charge in [-0.3, -0.25) is 15.2 Å². The summed E-state index contributed by atoms with van der Waals surface area (Å²) in [7, 11) is -4.51. The summed E-state index contributed by atoms with van der Waals surface area (Å²) in [6.07, 6.45) is 1.50. The van der Waals surface area contributed by atoms with E-state index in [0.717, 1.165) is 24.3 Å². The summed E-state index contributed by atoms with van der Waals surface area (Å²) >= 11 is 0. The third-order valence-corrected chi connectivity index (χ3v) is 4.92. The highest BCUT2D eigenvalue weighted by molar-refractivity contribution is 7.89. The number of aromatic nitrogens is 1. The number of carbonyl (C=O) groups excluding carboxylic acids is 1.